The predicted octanol–water partition coefficient (Wildman–Crippen LogP) is 9.30. The average molecular weight is 761 g/mol. The van der Waals surface area contributed by atoms with Crippen LogP contribution >= 0.6 is 47.8 Å². The number of halogens is 3. The minimum Gasteiger partial charge on any atom is -0.508 e. The molecule has 0 aliphatic rings. The number of aryl methyl sites for hydroxylation is 6. The summed E-state index contributed by atoms with van der Waals surface area (Å²) in [5.41, 5.74) is 4.71. The molecule has 0 atom stereocenters. The third-order valence-electron chi connectivity index (χ3n) is 5.90. The van der Waals surface area contributed by atoms with Gasteiger partial charge in [-0.1, -0.05) is 47.8 Å². The van der Waals surface area contributed by atoms with Gasteiger partial charge in [-0.15, -0.1) is 0 Å². The normalized spacial score (nSPS) is 11.1. The maximum atomic E-state index is 10.9. The van der Waals surface area contributed by atoms with Crippen molar-refractivity contribution in [2.24, 2.45) is 0 Å². The van der Waals surface area contributed by atoms with E-state index in [1.165, 1.54) is 13.8 Å². The van der Waals surface area contributed by atoms with Gasteiger partial charge in [-0.05, 0) is 139 Å². The van der Waals surface area contributed by atoms with Gasteiger partial charge in [-0.3, -0.25) is 0 Å². The zero-order chi connectivity index (χ0) is 31.9. The quantitative estimate of drug-likeness (QED) is 0.232. The van der Waals surface area contributed by atoms with Crippen LogP contribution in [0, 0.1) is 41.5 Å². The molecule has 41 heavy (non-hydrogen) atoms. The second-order valence-corrected chi connectivity index (χ2v) is 13.5. The van der Waals surface area contributed by atoms with E-state index in [0.717, 1.165) is 52.5 Å². The van der Waals surface area contributed by atoms with Crippen molar-refractivity contribution >= 4 is 53.8 Å². The van der Waals surface area contributed by atoms with Crippen LogP contribution in [0.25, 0.3) is 0 Å². The number of aliphatic hydroxyl groups excluding tert-OH is 1. The van der Waals surface area contributed by atoms with Gasteiger partial charge < -0.3 is 24.8 Å². The first-order chi connectivity index (χ1) is 18.7. The number of ether oxygens (including phenoxy) is 2. The number of hydrogen-bond acceptors (Lipinski definition) is 5. The van der Waals surface area contributed by atoms with E-state index in [-0.39, 0.29) is 6.61 Å². The Morgan fingerprint density at radius 2 is 0.951 bits per heavy atom. The Morgan fingerprint density at radius 3 is 1.24 bits per heavy atom. The summed E-state index contributed by atoms with van der Waals surface area (Å²) in [6.07, 6.45) is 0. The number of aliphatic hydroxyl groups is 1. The maximum Gasteiger partial charge on any atom is 0.347 e. The van der Waals surface area contributed by atoms with Gasteiger partial charge in [0.1, 0.15) is 22.8 Å². The molecule has 0 heterocycles. The lowest BCUT2D eigenvalue weighted by molar-refractivity contribution is -0.152. The van der Waals surface area contributed by atoms with E-state index < -0.39 is 17.2 Å². The topological polar surface area (TPSA) is 96.2 Å². The Kier molecular flexibility index (Phi) is 13.9. The van der Waals surface area contributed by atoms with Gasteiger partial charge in [0.05, 0.1) is 6.61 Å². The Labute approximate surface area is 269 Å². The van der Waals surface area contributed by atoms with E-state index in [9.17, 15) is 4.79 Å². The summed E-state index contributed by atoms with van der Waals surface area (Å²) in [7, 11) is 0. The molecule has 0 aliphatic carbocycles. The highest BCUT2D eigenvalue weighted by molar-refractivity contribution is 9.11. The lowest BCUT2D eigenvalue weighted by Crippen LogP contribution is -2.37. The van der Waals surface area contributed by atoms with Crippen LogP contribution in [0.1, 0.15) is 61.1 Å². The highest BCUT2D eigenvalue weighted by Gasteiger charge is 2.29. The first-order valence-corrected chi connectivity index (χ1v) is 15.3. The third kappa shape index (κ3) is 11.6. The molecule has 0 spiro atoms. The molecule has 226 valence electrons. The predicted molar refractivity (Wildman–Crippen MR) is 177 cm³/mol. The van der Waals surface area contributed by atoms with Crippen molar-refractivity contribution in [1.82, 2.24) is 0 Å². The van der Waals surface area contributed by atoms with E-state index in [2.05, 4.69) is 47.8 Å². The Morgan fingerprint density at radius 1 is 0.659 bits per heavy atom. The minimum atomic E-state index is -1.22. The van der Waals surface area contributed by atoms with Crippen molar-refractivity contribution in [3.63, 3.8) is 0 Å². The van der Waals surface area contributed by atoms with Crippen LogP contribution in [0.4, 0.5) is 0 Å². The van der Waals surface area contributed by atoms with Crippen molar-refractivity contribution in [3.05, 3.63) is 83.2 Å². The molecule has 0 aliphatic heterocycles. The Bertz CT molecular complexity index is 1300. The van der Waals surface area contributed by atoms with Gasteiger partial charge in [0.15, 0.2) is 5.60 Å². The van der Waals surface area contributed by atoms with E-state index in [1.54, 1.807) is 12.1 Å². The lowest BCUT2D eigenvalue weighted by atomic mass is 10.1. The monoisotopic (exact) mass is 758 g/mol. The number of hydrogen-bond donors (Lipinski definition) is 3. The zero-order valence-corrected chi connectivity index (χ0v) is 30.1. The van der Waals surface area contributed by atoms with Crippen LogP contribution in [0.3, 0.4) is 0 Å². The molecule has 0 aromatic heterocycles. The first-order valence-electron chi connectivity index (χ1n) is 12.9. The van der Waals surface area contributed by atoms with Crippen LogP contribution < -0.4 is 9.47 Å². The summed E-state index contributed by atoms with van der Waals surface area (Å²) in [6.45, 7) is 18.6. The number of rotatable bonds is 6. The number of aliphatic carboxylic acids is 1. The van der Waals surface area contributed by atoms with Crippen molar-refractivity contribution in [3.8, 4) is 17.2 Å². The Hall–Kier alpha value is -2.07. The molecule has 6 nitrogen and oxygen atoms in total. The number of carboxylic acids is 1. The van der Waals surface area contributed by atoms with Crippen LogP contribution in [-0.2, 0) is 4.79 Å². The molecule has 3 aromatic rings. The molecule has 0 bridgehead atoms. The average Bonchev–Trinajstić information content (AvgIpc) is 2.84. The fourth-order valence-corrected chi connectivity index (χ4v) is 4.23. The third-order valence-corrected chi connectivity index (χ3v) is 9.66. The lowest BCUT2D eigenvalue weighted by Gasteiger charge is -2.24. The fraction of sp³-hybridized carbons (Fsp3) is 0.406. The minimum absolute atomic E-state index is 0.00115. The van der Waals surface area contributed by atoms with Gasteiger partial charge in [0, 0.05) is 13.4 Å². The largest absolute Gasteiger partial charge is 0.508 e. The van der Waals surface area contributed by atoms with Crippen molar-refractivity contribution in [2.45, 2.75) is 80.4 Å². The van der Waals surface area contributed by atoms with E-state index in [0.29, 0.717) is 11.5 Å². The number of phenols is 1. The van der Waals surface area contributed by atoms with E-state index >= 15 is 0 Å². The summed E-state index contributed by atoms with van der Waals surface area (Å²) in [5, 5.41) is 27.2. The highest BCUT2D eigenvalue weighted by atomic mass is 79.9. The molecule has 0 radical (unpaired) electrons. The standard InChI is InChI=1S/C12H15BrO3.C12H17BrO2.C8H9BrO/c1-7-5-9(6-8(2)10(7)13)16-12(3,4)11(14)15;1-8-5-10(6-9(2)11(8)13)15-12(3,4)7-14;1-5-3-7(10)4-6(2)8(5)9/h5-6H,1-4H3,(H,14,15);5-6,14H,7H2,1-4H3;3-4,10H,1-2H3. The molecule has 0 saturated heterocycles. The molecule has 0 unspecified atom stereocenters. The van der Waals surface area contributed by atoms with Gasteiger partial charge >= 0.3 is 5.97 Å². The zero-order valence-electron chi connectivity index (χ0n) is 25.4. The van der Waals surface area contributed by atoms with Crippen molar-refractivity contribution < 1.29 is 29.6 Å². The molecule has 3 N–H and O–H groups in total. The van der Waals surface area contributed by atoms with Crippen LogP contribution in [0.15, 0.2) is 49.8 Å². The van der Waals surface area contributed by atoms with Gasteiger partial charge in [-0.2, -0.15) is 0 Å². The molecular formula is C32H41Br3O6. The molecule has 9 heteroatoms. The molecule has 3 rings (SSSR count). The molecule has 0 amide bonds. The second kappa shape index (κ2) is 15.4. The molecule has 0 saturated carbocycles. The number of phenolic OH excluding ortho intramolecular Hbond substituents is 1. The van der Waals surface area contributed by atoms with E-state index in [4.69, 9.17) is 24.8 Å². The molecule has 3 aromatic carbocycles. The second-order valence-electron chi connectivity index (χ2n) is 11.1. The fourth-order valence-electron chi connectivity index (χ4n) is 3.54. The maximum absolute atomic E-state index is 10.9. The van der Waals surface area contributed by atoms with Crippen LogP contribution in [-0.4, -0.2) is 39.1 Å². The van der Waals surface area contributed by atoms with Crippen LogP contribution in [0.2, 0.25) is 0 Å². The SMILES string of the molecule is Cc1cc(O)cc(C)c1Br.Cc1cc(OC(C)(C)C(=O)O)cc(C)c1Br.Cc1cc(OC(C)(C)CO)cc(C)c1Br. The molecule has 0 fully saturated rings. The summed E-state index contributed by atoms with van der Waals surface area (Å²) < 4.78 is 14.4. The smallest absolute Gasteiger partial charge is 0.347 e. The summed E-state index contributed by atoms with van der Waals surface area (Å²) >= 11 is 10.4. The number of aromatic hydroxyl groups is 1. The van der Waals surface area contributed by atoms with Crippen LogP contribution in [0.5, 0.6) is 17.2 Å². The van der Waals surface area contributed by atoms with Gasteiger partial charge in [0.25, 0.3) is 0 Å². The molecular weight excluding hydrogens is 720 g/mol. The van der Waals surface area contributed by atoms with E-state index in [1.807, 2.05) is 79.7 Å². The number of benzene rings is 3. The Balaban J connectivity index is 0.000000316. The summed E-state index contributed by atoms with van der Waals surface area (Å²) in [5.74, 6) is 0.724. The van der Waals surface area contributed by atoms with Crippen molar-refractivity contribution in [1.29, 1.82) is 0 Å². The van der Waals surface area contributed by atoms with Crippen molar-refractivity contribution in [2.75, 3.05) is 6.61 Å². The number of carbonyl (C=O) groups is 1. The summed E-state index contributed by atoms with van der Waals surface area (Å²) in [4.78, 5) is 10.9. The number of carboxylic acid groups (broad SMARTS) is 1. The van der Waals surface area contributed by atoms with Gasteiger partial charge in [0.2, 0.25) is 0 Å². The van der Waals surface area contributed by atoms with Gasteiger partial charge in [-0.25, -0.2) is 4.79 Å². The highest BCUT2D eigenvalue weighted by Crippen LogP contribution is 2.30. The summed E-state index contributed by atoms with van der Waals surface area (Å²) in [6, 6.07) is 11.0. The first kappa shape index (κ1) is 37.0.